The molecule has 0 aliphatic heterocycles. The molecular formula is C10H7NSSn. The molecule has 1 N–H and O–H groups in total. The standard InChI is InChI=1S/C10H7NS.Sn/c1-2-9-8(4-6-12-9)10-7(1)3-5-11-10;/h1-6,11H;. The van der Waals surface area contributed by atoms with Crippen molar-refractivity contribution in [2.45, 2.75) is 0 Å². The van der Waals surface area contributed by atoms with Crippen LogP contribution < -0.4 is 0 Å². The number of nitrogens with one attached hydrogen (secondary N) is 1. The molecule has 4 radical (unpaired) electrons. The van der Waals surface area contributed by atoms with Crippen LogP contribution in [0.25, 0.3) is 21.0 Å². The van der Waals surface area contributed by atoms with Crippen LogP contribution in [0, 0.1) is 0 Å². The topological polar surface area (TPSA) is 15.8 Å². The quantitative estimate of drug-likeness (QED) is 0.613. The van der Waals surface area contributed by atoms with Gasteiger partial charge >= 0.3 is 0 Å². The summed E-state index contributed by atoms with van der Waals surface area (Å²) in [7, 11) is 0. The maximum atomic E-state index is 3.26. The second kappa shape index (κ2) is 3.35. The van der Waals surface area contributed by atoms with E-state index in [0.29, 0.717) is 0 Å². The summed E-state index contributed by atoms with van der Waals surface area (Å²) in [6.07, 6.45) is 1.99. The fourth-order valence-electron chi connectivity index (χ4n) is 1.58. The molecule has 0 aliphatic carbocycles. The molecule has 0 amide bonds. The number of fused-ring (bicyclic) bond motifs is 3. The molecule has 0 fully saturated rings. The Morgan fingerprint density at radius 1 is 1.08 bits per heavy atom. The first-order valence-corrected chi connectivity index (χ1v) is 4.76. The Morgan fingerprint density at radius 3 is 2.92 bits per heavy atom. The third-order valence-corrected chi connectivity index (χ3v) is 3.04. The minimum Gasteiger partial charge on any atom is -0.361 e. The average Bonchev–Trinajstić information content (AvgIpc) is 2.71. The molecule has 0 bridgehead atoms. The van der Waals surface area contributed by atoms with E-state index >= 15 is 0 Å². The van der Waals surface area contributed by atoms with Gasteiger partial charge in [0.2, 0.25) is 0 Å². The fourth-order valence-corrected chi connectivity index (χ4v) is 2.37. The van der Waals surface area contributed by atoms with E-state index in [0.717, 1.165) is 0 Å². The van der Waals surface area contributed by atoms with E-state index in [1.807, 2.05) is 6.20 Å². The fraction of sp³-hybridized carbons (Fsp3) is 0. The van der Waals surface area contributed by atoms with Gasteiger partial charge in [0, 0.05) is 45.6 Å². The van der Waals surface area contributed by atoms with Gasteiger partial charge in [0.1, 0.15) is 0 Å². The number of hydrogen-bond acceptors (Lipinski definition) is 1. The van der Waals surface area contributed by atoms with Crippen LogP contribution in [-0.4, -0.2) is 28.9 Å². The maximum absolute atomic E-state index is 3.26. The Kier molecular flexibility index (Phi) is 2.34. The van der Waals surface area contributed by atoms with Crippen LogP contribution >= 0.6 is 11.3 Å². The Morgan fingerprint density at radius 2 is 2.00 bits per heavy atom. The van der Waals surface area contributed by atoms with Crippen LogP contribution in [0.4, 0.5) is 0 Å². The van der Waals surface area contributed by atoms with Crippen molar-refractivity contribution < 1.29 is 0 Å². The van der Waals surface area contributed by atoms with Crippen molar-refractivity contribution >= 4 is 56.2 Å². The zero-order valence-electron chi connectivity index (χ0n) is 6.87. The van der Waals surface area contributed by atoms with Crippen molar-refractivity contribution in [3.63, 3.8) is 0 Å². The van der Waals surface area contributed by atoms with Gasteiger partial charge in [-0.1, -0.05) is 6.07 Å². The Bertz CT molecular complexity index is 488. The molecule has 0 atom stereocenters. The van der Waals surface area contributed by atoms with Crippen LogP contribution in [0.1, 0.15) is 0 Å². The van der Waals surface area contributed by atoms with Crippen molar-refractivity contribution in [3.05, 3.63) is 35.8 Å². The molecule has 3 aromatic rings. The predicted molar refractivity (Wildman–Crippen MR) is 59.4 cm³/mol. The number of H-pyrrole nitrogens is 1. The normalized spacial score (nSPS) is 10.5. The molecule has 62 valence electrons. The first-order chi connectivity index (χ1) is 5.95. The van der Waals surface area contributed by atoms with Crippen molar-refractivity contribution in [1.82, 2.24) is 4.98 Å². The minimum absolute atomic E-state index is 0. The summed E-state index contributed by atoms with van der Waals surface area (Å²) in [5.74, 6) is 0. The van der Waals surface area contributed by atoms with Gasteiger partial charge < -0.3 is 4.98 Å². The van der Waals surface area contributed by atoms with Gasteiger partial charge in [0.15, 0.2) is 0 Å². The summed E-state index contributed by atoms with van der Waals surface area (Å²) in [5, 5.41) is 4.76. The van der Waals surface area contributed by atoms with E-state index in [9.17, 15) is 0 Å². The van der Waals surface area contributed by atoms with Crippen LogP contribution in [-0.2, 0) is 0 Å². The molecule has 0 aliphatic rings. The first kappa shape index (κ1) is 9.09. The van der Waals surface area contributed by atoms with Crippen LogP contribution in [0.2, 0.25) is 0 Å². The zero-order chi connectivity index (χ0) is 7.97. The minimum atomic E-state index is 0. The Balaban J connectivity index is 0.000000653. The smallest absolute Gasteiger partial charge is 0.0542 e. The van der Waals surface area contributed by atoms with E-state index < -0.39 is 0 Å². The zero-order valence-corrected chi connectivity index (χ0v) is 10.5. The summed E-state index contributed by atoms with van der Waals surface area (Å²) < 4.78 is 1.35. The van der Waals surface area contributed by atoms with Crippen molar-refractivity contribution in [2.24, 2.45) is 0 Å². The second-order valence-corrected chi connectivity index (χ2v) is 3.79. The Hall–Kier alpha value is -0.481. The van der Waals surface area contributed by atoms with Crippen molar-refractivity contribution in [2.75, 3.05) is 0 Å². The van der Waals surface area contributed by atoms with Crippen LogP contribution in [0.15, 0.2) is 35.8 Å². The number of hydrogen-bond donors (Lipinski definition) is 1. The number of aromatic amines is 1. The van der Waals surface area contributed by atoms with Gasteiger partial charge in [0.25, 0.3) is 0 Å². The molecule has 2 aromatic heterocycles. The molecule has 3 rings (SSSR count). The van der Waals surface area contributed by atoms with E-state index in [1.165, 1.54) is 21.0 Å². The van der Waals surface area contributed by atoms with Crippen molar-refractivity contribution in [1.29, 1.82) is 0 Å². The SMILES string of the molecule is [Sn].c1cc2ccc3sccc3c2[nH]1. The van der Waals surface area contributed by atoms with Gasteiger partial charge in [0.05, 0.1) is 5.52 Å². The van der Waals surface area contributed by atoms with E-state index in [2.05, 4.69) is 34.6 Å². The first-order valence-electron chi connectivity index (χ1n) is 3.88. The van der Waals surface area contributed by atoms with Crippen LogP contribution in [0.3, 0.4) is 0 Å². The summed E-state index contributed by atoms with van der Waals surface area (Å²) in [4.78, 5) is 3.26. The third-order valence-electron chi connectivity index (χ3n) is 2.16. The second-order valence-electron chi connectivity index (χ2n) is 2.84. The molecule has 1 nitrogen and oxygen atoms in total. The molecule has 0 saturated heterocycles. The average molecular weight is 292 g/mol. The number of benzene rings is 1. The summed E-state index contributed by atoms with van der Waals surface area (Å²) in [6.45, 7) is 0. The van der Waals surface area contributed by atoms with E-state index in [4.69, 9.17) is 0 Å². The maximum Gasteiger partial charge on any atom is 0.0542 e. The van der Waals surface area contributed by atoms with Gasteiger partial charge in [-0.15, -0.1) is 11.3 Å². The molecule has 2 heterocycles. The third kappa shape index (κ3) is 1.28. The molecular weight excluding hydrogens is 285 g/mol. The van der Waals surface area contributed by atoms with E-state index in [-0.39, 0.29) is 23.9 Å². The number of aromatic nitrogens is 1. The molecule has 0 spiro atoms. The molecule has 3 heteroatoms. The largest absolute Gasteiger partial charge is 0.361 e. The molecule has 13 heavy (non-hydrogen) atoms. The number of rotatable bonds is 0. The summed E-state index contributed by atoms with van der Waals surface area (Å²) >= 11 is 1.79. The van der Waals surface area contributed by atoms with E-state index in [1.54, 1.807) is 11.3 Å². The van der Waals surface area contributed by atoms with Crippen molar-refractivity contribution in [3.8, 4) is 0 Å². The van der Waals surface area contributed by atoms with Gasteiger partial charge in [-0.2, -0.15) is 0 Å². The molecule has 1 aromatic carbocycles. The Labute approximate surface area is 96.7 Å². The summed E-state index contributed by atoms with van der Waals surface area (Å²) in [6, 6.07) is 8.60. The molecule has 0 saturated carbocycles. The predicted octanol–water partition coefficient (Wildman–Crippen LogP) is 3.00. The van der Waals surface area contributed by atoms with Gasteiger partial charge in [-0.05, 0) is 23.6 Å². The monoisotopic (exact) mass is 293 g/mol. The molecule has 0 unspecified atom stereocenters. The van der Waals surface area contributed by atoms with Crippen LogP contribution in [0.5, 0.6) is 0 Å². The number of thiophene rings is 1. The van der Waals surface area contributed by atoms with Gasteiger partial charge in [-0.3, -0.25) is 0 Å². The summed E-state index contributed by atoms with van der Waals surface area (Å²) in [5.41, 5.74) is 1.26. The van der Waals surface area contributed by atoms with Gasteiger partial charge in [-0.25, -0.2) is 0 Å².